The maximum Gasteiger partial charge on any atom is 0.255 e. The Balaban J connectivity index is 1.76. The summed E-state index contributed by atoms with van der Waals surface area (Å²) in [6.45, 7) is 4.21. The molecule has 0 aliphatic rings. The molecule has 1 heterocycles. The van der Waals surface area contributed by atoms with Crippen molar-refractivity contribution in [2.45, 2.75) is 38.8 Å². The molecule has 4 rings (SSSR count). The van der Waals surface area contributed by atoms with Crippen LogP contribution < -0.4 is 10.9 Å². The molecule has 2 atom stereocenters. The van der Waals surface area contributed by atoms with Crippen LogP contribution in [0.15, 0.2) is 82.9 Å². The first-order valence-electron chi connectivity index (χ1n) is 13.1. The second-order valence-corrected chi connectivity index (χ2v) is 9.86. The van der Waals surface area contributed by atoms with Gasteiger partial charge in [-0.25, -0.2) is 0 Å². The number of aryl methyl sites for hydroxylation is 1. The molecule has 1 aromatic heterocycles. The van der Waals surface area contributed by atoms with Gasteiger partial charge in [0.25, 0.3) is 5.56 Å². The molecule has 40 heavy (non-hydrogen) atoms. The van der Waals surface area contributed by atoms with Crippen LogP contribution in [0.5, 0.6) is 0 Å². The molecule has 0 aliphatic carbocycles. The molecule has 3 N–H and O–H groups in total. The summed E-state index contributed by atoms with van der Waals surface area (Å²) >= 11 is 0. The van der Waals surface area contributed by atoms with Crippen molar-refractivity contribution in [3.63, 3.8) is 0 Å². The van der Waals surface area contributed by atoms with E-state index in [4.69, 9.17) is 0 Å². The van der Waals surface area contributed by atoms with Crippen LogP contribution in [0.25, 0.3) is 10.8 Å². The first-order chi connectivity index (χ1) is 19.3. The summed E-state index contributed by atoms with van der Waals surface area (Å²) in [6, 6.07) is 18.6. The molecule has 9 nitrogen and oxygen atoms in total. The molecule has 9 heteroatoms. The topological polar surface area (TPSA) is 132 Å². The normalized spacial score (nSPS) is 12.5. The Bertz CT molecular complexity index is 1580. The Hall–Kier alpha value is -4.63. The van der Waals surface area contributed by atoms with Gasteiger partial charge in [-0.3, -0.25) is 9.59 Å². The number of benzene rings is 3. The first-order valence-corrected chi connectivity index (χ1v) is 13.1. The second-order valence-electron chi connectivity index (χ2n) is 9.86. The van der Waals surface area contributed by atoms with Crippen molar-refractivity contribution in [3.05, 3.63) is 110 Å². The molecule has 4 aromatic rings. The number of aromatic nitrogens is 1. The van der Waals surface area contributed by atoms with Crippen LogP contribution in [0.1, 0.15) is 47.6 Å². The molecule has 0 radical (unpaired) electrons. The fourth-order valence-electron chi connectivity index (χ4n) is 4.85. The minimum absolute atomic E-state index is 0.000609. The second kappa shape index (κ2) is 12.9. The molecule has 0 aliphatic heterocycles. The fraction of sp³-hybridized carbons (Fsp3) is 0.258. The van der Waals surface area contributed by atoms with E-state index in [1.54, 1.807) is 47.5 Å². The minimum Gasteiger partial charge on any atom is -0.396 e. The van der Waals surface area contributed by atoms with Gasteiger partial charge in [-0.15, -0.1) is 4.91 Å². The summed E-state index contributed by atoms with van der Waals surface area (Å²) in [4.78, 5) is 53.2. The van der Waals surface area contributed by atoms with Gasteiger partial charge in [0.1, 0.15) is 18.0 Å². The van der Waals surface area contributed by atoms with Gasteiger partial charge in [0, 0.05) is 49.3 Å². The van der Waals surface area contributed by atoms with Crippen molar-refractivity contribution >= 4 is 34.3 Å². The first kappa shape index (κ1) is 28.4. The van der Waals surface area contributed by atoms with Gasteiger partial charge in [-0.2, -0.15) is 0 Å². The summed E-state index contributed by atoms with van der Waals surface area (Å²) in [5.74, 6) is -0.345. The van der Waals surface area contributed by atoms with E-state index < -0.39 is 6.04 Å². The van der Waals surface area contributed by atoms with Crippen LogP contribution in [0, 0.1) is 11.8 Å². The minimum atomic E-state index is -0.851. The van der Waals surface area contributed by atoms with Crippen molar-refractivity contribution < 1.29 is 14.7 Å². The van der Waals surface area contributed by atoms with Gasteiger partial charge in [-0.1, -0.05) is 43.3 Å². The molecule has 3 aromatic carbocycles. The third kappa shape index (κ3) is 6.50. The highest BCUT2D eigenvalue weighted by molar-refractivity contribution is 5.89. The number of rotatable bonds is 12. The van der Waals surface area contributed by atoms with Gasteiger partial charge < -0.3 is 25.1 Å². The van der Waals surface area contributed by atoms with Gasteiger partial charge in [0.2, 0.25) is 5.91 Å². The number of H-pyrrole nitrogens is 1. The maximum absolute atomic E-state index is 14.2. The third-order valence-corrected chi connectivity index (χ3v) is 6.98. The van der Waals surface area contributed by atoms with Crippen LogP contribution in [0.3, 0.4) is 0 Å². The number of anilines is 1. The Kier molecular flexibility index (Phi) is 9.19. The highest BCUT2D eigenvalue weighted by atomic mass is 16.3. The van der Waals surface area contributed by atoms with Crippen LogP contribution in [0.2, 0.25) is 0 Å². The summed E-state index contributed by atoms with van der Waals surface area (Å²) < 4.78 is 0. The van der Waals surface area contributed by atoms with Crippen LogP contribution in [0.4, 0.5) is 11.4 Å². The number of nitrogens with zero attached hydrogens (tertiary/aromatic N) is 2. The van der Waals surface area contributed by atoms with E-state index in [2.05, 4.69) is 15.5 Å². The quantitative estimate of drug-likeness (QED) is 0.169. The summed E-state index contributed by atoms with van der Waals surface area (Å²) in [7, 11) is 0. The standard InChI is InChI=1S/C31H32N4O5/c1-20-15-24(8-10-27(20)21(2)19-37)29(33-25-9-7-23-11-12-32-30(38)28(23)17-25)31(39)35(13-4-14-36)18-22-5-3-6-26(16-22)34-40/h3,5-12,14-17,21,29,33,37H,4,13,18-19H2,1-2H3,(H,32,38)/t21-,29?/m0/s1. The zero-order valence-corrected chi connectivity index (χ0v) is 22.5. The average molecular weight is 541 g/mol. The Morgan fingerprint density at radius 1 is 1.12 bits per heavy atom. The van der Waals surface area contributed by atoms with Gasteiger partial charge >= 0.3 is 0 Å². The molecular weight excluding hydrogens is 508 g/mol. The predicted octanol–water partition coefficient (Wildman–Crippen LogP) is 5.10. The van der Waals surface area contributed by atoms with E-state index in [0.717, 1.165) is 22.8 Å². The molecule has 1 unspecified atom stereocenters. The van der Waals surface area contributed by atoms with Gasteiger partial charge in [0.15, 0.2) is 0 Å². The predicted molar refractivity (Wildman–Crippen MR) is 156 cm³/mol. The number of carbonyl (C=O) groups is 2. The number of nitroso groups, excluding NO2 is 1. The molecule has 0 fully saturated rings. The van der Waals surface area contributed by atoms with Crippen molar-refractivity contribution in [1.29, 1.82) is 0 Å². The number of carbonyl (C=O) groups excluding carboxylic acids is 2. The largest absolute Gasteiger partial charge is 0.396 e. The number of aldehydes is 1. The molecule has 206 valence electrons. The number of fused-ring (bicyclic) bond motifs is 1. The SMILES string of the molecule is Cc1cc(C(Nc2ccc3cc[nH]c(=O)c3c2)C(=O)N(CCC=O)Cc2cccc(N=O)c2)ccc1[C@@H](C)CO. The van der Waals surface area contributed by atoms with E-state index in [-0.39, 0.29) is 49.2 Å². The number of aliphatic hydroxyl groups is 1. The number of amides is 1. The Morgan fingerprint density at radius 2 is 1.95 bits per heavy atom. The van der Waals surface area contributed by atoms with E-state index in [0.29, 0.717) is 22.2 Å². The smallest absolute Gasteiger partial charge is 0.255 e. The lowest BCUT2D eigenvalue weighted by atomic mass is 9.93. The number of aliphatic hydroxyl groups excluding tert-OH is 1. The van der Waals surface area contributed by atoms with E-state index in [1.165, 1.54) is 0 Å². The number of pyridine rings is 1. The molecule has 0 bridgehead atoms. The van der Waals surface area contributed by atoms with Crippen LogP contribution >= 0.6 is 0 Å². The third-order valence-electron chi connectivity index (χ3n) is 6.98. The number of aromatic amines is 1. The van der Waals surface area contributed by atoms with Crippen molar-refractivity contribution in [3.8, 4) is 0 Å². The molecular formula is C31H32N4O5. The van der Waals surface area contributed by atoms with Crippen molar-refractivity contribution in [2.75, 3.05) is 18.5 Å². The Morgan fingerprint density at radius 3 is 2.67 bits per heavy atom. The number of hydrogen-bond donors (Lipinski definition) is 3. The lowest BCUT2D eigenvalue weighted by Gasteiger charge is -2.29. The summed E-state index contributed by atoms with van der Waals surface area (Å²) in [5, 5.41) is 17.2. The van der Waals surface area contributed by atoms with E-state index in [9.17, 15) is 24.4 Å². The summed E-state index contributed by atoms with van der Waals surface area (Å²) in [6.07, 6.45) is 2.49. The monoisotopic (exact) mass is 540 g/mol. The fourth-order valence-corrected chi connectivity index (χ4v) is 4.85. The molecule has 0 spiro atoms. The zero-order valence-electron chi connectivity index (χ0n) is 22.5. The zero-order chi connectivity index (χ0) is 28.6. The molecule has 1 amide bonds. The van der Waals surface area contributed by atoms with Gasteiger partial charge in [0.05, 0.1) is 0 Å². The summed E-state index contributed by atoms with van der Waals surface area (Å²) in [5.41, 5.74) is 3.89. The van der Waals surface area contributed by atoms with E-state index in [1.807, 2.05) is 44.2 Å². The number of nitrogens with one attached hydrogen (secondary N) is 2. The van der Waals surface area contributed by atoms with Crippen LogP contribution in [-0.4, -0.2) is 40.3 Å². The van der Waals surface area contributed by atoms with E-state index >= 15 is 0 Å². The number of hydrogen-bond acceptors (Lipinski definition) is 7. The maximum atomic E-state index is 14.2. The van der Waals surface area contributed by atoms with Gasteiger partial charge in [-0.05, 0) is 70.1 Å². The highest BCUT2D eigenvalue weighted by Gasteiger charge is 2.27. The highest BCUT2D eigenvalue weighted by Crippen LogP contribution is 2.29. The van der Waals surface area contributed by atoms with Crippen LogP contribution in [-0.2, 0) is 16.1 Å². The molecule has 0 saturated heterocycles. The van der Waals surface area contributed by atoms with Crippen molar-refractivity contribution in [1.82, 2.24) is 9.88 Å². The van der Waals surface area contributed by atoms with Crippen molar-refractivity contribution in [2.24, 2.45) is 5.18 Å². The lowest BCUT2D eigenvalue weighted by Crippen LogP contribution is -2.38. The Labute approximate surface area is 231 Å². The average Bonchev–Trinajstić information content (AvgIpc) is 2.97. The lowest BCUT2D eigenvalue weighted by molar-refractivity contribution is -0.133. The molecule has 0 saturated carbocycles.